The molecule has 10 heteroatoms. The van der Waals surface area contributed by atoms with Crippen molar-refractivity contribution < 1.29 is 19.5 Å². The number of piperidine rings is 1. The number of carbonyl (C=O) groups is 3. The lowest BCUT2D eigenvalue weighted by Gasteiger charge is -2.38. The first-order valence-corrected chi connectivity index (χ1v) is 17.4. The van der Waals surface area contributed by atoms with Crippen molar-refractivity contribution >= 4 is 34.8 Å². The lowest BCUT2D eigenvalue weighted by atomic mass is 9.89. The maximum atomic E-state index is 13.5. The van der Waals surface area contributed by atoms with Crippen LogP contribution in [0.1, 0.15) is 70.8 Å². The predicted molar refractivity (Wildman–Crippen MR) is 189 cm³/mol. The first kappa shape index (κ1) is 33.3. The van der Waals surface area contributed by atoms with Gasteiger partial charge in [0.15, 0.2) is 5.82 Å². The second-order valence-electron chi connectivity index (χ2n) is 14.1. The molecule has 2 fully saturated rings. The Hall–Kier alpha value is -4.57. The lowest BCUT2D eigenvalue weighted by Crippen LogP contribution is -2.59. The molecule has 2 aromatic carbocycles. The zero-order chi connectivity index (χ0) is 34.0. The first-order valence-electron chi connectivity index (χ1n) is 16.6. The van der Waals surface area contributed by atoms with Crippen LogP contribution >= 0.6 is 11.3 Å². The van der Waals surface area contributed by atoms with Crippen molar-refractivity contribution in [1.29, 1.82) is 0 Å². The number of hydrogen-bond acceptors (Lipinski definition) is 7. The Morgan fingerprint density at radius 1 is 0.938 bits per heavy atom. The number of aliphatic carboxylic acids is 1. The summed E-state index contributed by atoms with van der Waals surface area (Å²) in [4.78, 5) is 52.9. The second kappa shape index (κ2) is 13.9. The van der Waals surface area contributed by atoms with Gasteiger partial charge in [0, 0.05) is 43.0 Å². The molecule has 6 rings (SSSR count). The predicted octanol–water partition coefficient (Wildman–Crippen LogP) is 6.08. The Morgan fingerprint density at radius 2 is 1.58 bits per heavy atom. The topological polar surface area (TPSA) is 116 Å². The van der Waals surface area contributed by atoms with Crippen molar-refractivity contribution in [2.24, 2.45) is 5.92 Å². The summed E-state index contributed by atoms with van der Waals surface area (Å²) in [6, 6.07) is 19.5. The van der Waals surface area contributed by atoms with Gasteiger partial charge in [-0.2, -0.15) is 0 Å². The number of carbonyl (C=O) groups excluding carboxylic acids is 2. The molecule has 0 spiro atoms. The van der Waals surface area contributed by atoms with Gasteiger partial charge in [-0.1, -0.05) is 74.9 Å². The highest BCUT2D eigenvalue weighted by Crippen LogP contribution is 2.31. The maximum Gasteiger partial charge on any atom is 0.310 e. The fourth-order valence-corrected chi connectivity index (χ4v) is 7.26. The van der Waals surface area contributed by atoms with E-state index in [1.165, 1.54) is 27.4 Å². The van der Waals surface area contributed by atoms with Crippen molar-refractivity contribution in [2.75, 3.05) is 31.1 Å². The minimum absolute atomic E-state index is 0.0905. The number of nitrogens with one attached hydrogen (secondary N) is 1. The molecule has 48 heavy (non-hydrogen) atoms. The molecule has 250 valence electrons. The first-order chi connectivity index (χ1) is 22.9. The Bertz CT molecular complexity index is 1750. The van der Waals surface area contributed by atoms with Gasteiger partial charge in [-0.15, -0.1) is 11.3 Å². The fraction of sp³-hybridized carbons (Fsp3) is 0.395. The number of nitrogens with zero attached hydrogens (tertiary/aromatic N) is 4. The normalized spacial score (nSPS) is 16.3. The number of carboxylic acids is 1. The molecule has 2 saturated heterocycles. The number of hydrogen-bond donors (Lipinski definition) is 2. The highest BCUT2D eigenvalue weighted by molar-refractivity contribution is 7.14. The number of anilines is 1. The minimum atomic E-state index is -0.915. The SMILES string of the molecule is Cc1ccc(C2CCN(c3cnc(-c4ccc(C[C@H](NC(=O)c5ccc(C(C)(C)C)s5)C(=O)N5CC(C(=O)O)C5)cc4)nc3)CC2)cc1. The van der Waals surface area contributed by atoms with Crippen molar-refractivity contribution in [1.82, 2.24) is 20.2 Å². The minimum Gasteiger partial charge on any atom is -0.481 e. The van der Waals surface area contributed by atoms with Crippen molar-refractivity contribution in [3.63, 3.8) is 0 Å². The molecule has 4 aromatic rings. The molecule has 2 N–H and O–H groups in total. The fourth-order valence-electron chi connectivity index (χ4n) is 6.30. The number of rotatable bonds is 9. The van der Waals surface area contributed by atoms with E-state index in [0.29, 0.717) is 16.6 Å². The summed E-state index contributed by atoms with van der Waals surface area (Å²) in [5.41, 5.74) is 5.35. The van der Waals surface area contributed by atoms with Crippen molar-refractivity contribution in [2.45, 2.75) is 64.3 Å². The van der Waals surface area contributed by atoms with E-state index in [0.717, 1.165) is 47.6 Å². The molecule has 9 nitrogen and oxygen atoms in total. The van der Waals surface area contributed by atoms with E-state index in [1.54, 1.807) is 6.07 Å². The van der Waals surface area contributed by atoms with Crippen LogP contribution in [0.2, 0.25) is 0 Å². The summed E-state index contributed by atoms with van der Waals surface area (Å²) < 4.78 is 0. The molecule has 0 aliphatic carbocycles. The van der Waals surface area contributed by atoms with Gasteiger partial charge in [0.2, 0.25) is 5.91 Å². The average Bonchev–Trinajstić information content (AvgIpc) is 3.56. The van der Waals surface area contributed by atoms with Crippen LogP contribution in [0.5, 0.6) is 0 Å². The highest BCUT2D eigenvalue weighted by Gasteiger charge is 2.39. The third-order valence-electron chi connectivity index (χ3n) is 9.41. The third-order valence-corrected chi connectivity index (χ3v) is 10.9. The van der Waals surface area contributed by atoms with Crippen LogP contribution in [-0.2, 0) is 21.4 Å². The zero-order valence-corrected chi connectivity index (χ0v) is 28.8. The molecule has 2 aliphatic rings. The number of carboxylic acid groups (broad SMARTS) is 1. The number of thiophene rings is 1. The summed E-state index contributed by atoms with van der Waals surface area (Å²) in [5, 5.41) is 12.2. The summed E-state index contributed by atoms with van der Waals surface area (Å²) in [5.74, 6) is -0.885. The van der Waals surface area contributed by atoms with Crippen molar-refractivity contribution in [3.8, 4) is 11.4 Å². The van der Waals surface area contributed by atoms with E-state index in [-0.39, 0.29) is 36.7 Å². The molecule has 2 aromatic heterocycles. The van der Waals surface area contributed by atoms with Gasteiger partial charge in [-0.05, 0) is 54.4 Å². The van der Waals surface area contributed by atoms with Gasteiger partial charge in [-0.3, -0.25) is 14.4 Å². The van der Waals surface area contributed by atoms with Crippen LogP contribution in [0.25, 0.3) is 11.4 Å². The van der Waals surface area contributed by atoms with E-state index in [2.05, 4.69) is 72.1 Å². The molecule has 0 radical (unpaired) electrons. The zero-order valence-electron chi connectivity index (χ0n) is 28.0. The molecule has 2 amide bonds. The van der Waals surface area contributed by atoms with Crippen LogP contribution in [0.4, 0.5) is 5.69 Å². The highest BCUT2D eigenvalue weighted by atomic mass is 32.1. The van der Waals surface area contributed by atoms with E-state index in [4.69, 9.17) is 0 Å². The van der Waals surface area contributed by atoms with Gasteiger partial charge >= 0.3 is 5.97 Å². The molecule has 2 aliphatic heterocycles. The number of likely N-dealkylation sites (tertiary alicyclic amines) is 1. The molecular weight excluding hydrogens is 623 g/mol. The number of aryl methyl sites for hydroxylation is 1. The molecular formula is C38H43N5O4S. The molecule has 4 heterocycles. The number of aromatic nitrogens is 2. The van der Waals surface area contributed by atoms with Gasteiger partial charge in [0.1, 0.15) is 6.04 Å². The van der Waals surface area contributed by atoms with Gasteiger partial charge in [0.25, 0.3) is 5.91 Å². The Morgan fingerprint density at radius 3 is 2.17 bits per heavy atom. The van der Waals surface area contributed by atoms with Crippen LogP contribution in [-0.4, -0.2) is 70.0 Å². The van der Waals surface area contributed by atoms with E-state index < -0.39 is 17.9 Å². The van der Waals surface area contributed by atoms with Gasteiger partial charge < -0.3 is 20.2 Å². The van der Waals surface area contributed by atoms with Gasteiger partial charge in [-0.25, -0.2) is 9.97 Å². The summed E-state index contributed by atoms with van der Waals surface area (Å²) >= 11 is 1.42. The summed E-state index contributed by atoms with van der Waals surface area (Å²) in [6.45, 7) is 10.6. The van der Waals surface area contributed by atoms with Crippen LogP contribution in [0.3, 0.4) is 0 Å². The van der Waals surface area contributed by atoms with E-state index in [9.17, 15) is 19.5 Å². The summed E-state index contributed by atoms with van der Waals surface area (Å²) in [6.07, 6.45) is 6.24. The Labute approximate surface area is 286 Å². The van der Waals surface area contributed by atoms with Crippen molar-refractivity contribution in [3.05, 3.63) is 99.5 Å². The standard InChI is InChI=1S/C38H43N5O4S/c1-24-5-9-26(10-6-24)27-15-17-42(18-16-27)30-20-39-34(40-21-30)28-11-7-25(8-12-28)19-31(36(45)43-22-29(23-43)37(46)47)41-35(44)32-13-14-33(48-32)38(2,3)4/h5-14,20-21,27,29,31H,15-19,22-23H2,1-4H3,(H,41,44)(H,46,47)/t31-/m0/s1. The maximum absolute atomic E-state index is 13.5. The molecule has 1 atom stereocenters. The second-order valence-corrected chi connectivity index (χ2v) is 15.1. The quantitative estimate of drug-likeness (QED) is 0.223. The smallest absolute Gasteiger partial charge is 0.310 e. The molecule has 0 saturated carbocycles. The van der Waals surface area contributed by atoms with E-state index in [1.807, 2.05) is 42.7 Å². The monoisotopic (exact) mass is 665 g/mol. The van der Waals surface area contributed by atoms with Crippen LogP contribution < -0.4 is 10.2 Å². The van der Waals surface area contributed by atoms with Gasteiger partial charge in [0.05, 0.1) is 28.9 Å². The van der Waals surface area contributed by atoms with Crippen LogP contribution in [0.15, 0.2) is 73.1 Å². The average molecular weight is 666 g/mol. The Kier molecular flexibility index (Phi) is 9.64. The largest absolute Gasteiger partial charge is 0.481 e. The van der Waals surface area contributed by atoms with E-state index >= 15 is 0 Å². The molecule has 0 unspecified atom stereocenters. The number of amides is 2. The lowest BCUT2D eigenvalue weighted by molar-refractivity contribution is -0.153. The third kappa shape index (κ3) is 7.59. The van der Waals surface area contributed by atoms with Crippen LogP contribution in [0, 0.1) is 12.8 Å². The Balaban J connectivity index is 1.10. The molecule has 0 bridgehead atoms. The number of benzene rings is 2. The summed E-state index contributed by atoms with van der Waals surface area (Å²) in [7, 11) is 0.